The van der Waals surface area contributed by atoms with E-state index in [2.05, 4.69) is 27.5 Å². The number of hydrogen-bond donors (Lipinski definition) is 1. The highest BCUT2D eigenvalue weighted by Gasteiger charge is 2.39. The standard InChI is InChI=1S/C14H23N3S/c1-12-10-18-13(16-12)9-17-8-7-15-11-14(17)5-3-2-4-6-14/h10,15H,2-9,11H2,1H3. The number of nitrogens with zero attached hydrogens (tertiary/aromatic N) is 2. The van der Waals surface area contributed by atoms with E-state index in [1.807, 2.05) is 11.3 Å². The smallest absolute Gasteiger partial charge is 0.107 e. The first-order valence-electron chi connectivity index (χ1n) is 7.15. The molecule has 18 heavy (non-hydrogen) atoms. The van der Waals surface area contributed by atoms with Crippen LogP contribution in [0.25, 0.3) is 0 Å². The van der Waals surface area contributed by atoms with Crippen molar-refractivity contribution >= 4 is 11.3 Å². The quantitative estimate of drug-likeness (QED) is 0.891. The third-order valence-corrected chi connectivity index (χ3v) is 5.41. The number of piperazine rings is 1. The van der Waals surface area contributed by atoms with E-state index in [1.54, 1.807) is 0 Å². The molecule has 3 nitrogen and oxygen atoms in total. The van der Waals surface area contributed by atoms with E-state index in [-0.39, 0.29) is 0 Å². The molecule has 0 aromatic carbocycles. The van der Waals surface area contributed by atoms with Crippen molar-refractivity contribution in [1.29, 1.82) is 0 Å². The van der Waals surface area contributed by atoms with Gasteiger partial charge in [0.1, 0.15) is 5.01 Å². The van der Waals surface area contributed by atoms with Gasteiger partial charge in [-0.2, -0.15) is 0 Å². The Bertz CT molecular complexity index is 387. The number of hydrogen-bond acceptors (Lipinski definition) is 4. The highest BCUT2D eigenvalue weighted by molar-refractivity contribution is 7.09. The number of nitrogens with one attached hydrogen (secondary N) is 1. The number of rotatable bonds is 2. The van der Waals surface area contributed by atoms with Crippen molar-refractivity contribution < 1.29 is 0 Å². The Kier molecular flexibility index (Phi) is 3.68. The minimum atomic E-state index is 0.427. The summed E-state index contributed by atoms with van der Waals surface area (Å²) in [6.07, 6.45) is 6.95. The molecule has 3 rings (SSSR count). The lowest BCUT2D eigenvalue weighted by Gasteiger charge is -2.49. The maximum absolute atomic E-state index is 4.64. The van der Waals surface area contributed by atoms with Gasteiger partial charge >= 0.3 is 0 Å². The van der Waals surface area contributed by atoms with E-state index < -0.39 is 0 Å². The second kappa shape index (κ2) is 5.27. The first-order chi connectivity index (χ1) is 8.78. The fourth-order valence-electron chi connectivity index (χ4n) is 3.47. The maximum atomic E-state index is 4.64. The molecule has 2 heterocycles. The van der Waals surface area contributed by atoms with Gasteiger partial charge in [0.2, 0.25) is 0 Å². The third-order valence-electron chi connectivity index (χ3n) is 4.46. The zero-order chi connectivity index (χ0) is 12.4. The predicted octanol–water partition coefficient (Wildman–Crippen LogP) is 2.56. The summed E-state index contributed by atoms with van der Waals surface area (Å²) in [7, 11) is 0. The molecule has 0 atom stereocenters. The van der Waals surface area contributed by atoms with Gasteiger partial charge in [0.15, 0.2) is 0 Å². The highest BCUT2D eigenvalue weighted by atomic mass is 32.1. The molecule has 1 saturated carbocycles. The molecule has 2 fully saturated rings. The van der Waals surface area contributed by atoms with Crippen LogP contribution in [0.4, 0.5) is 0 Å². The lowest BCUT2D eigenvalue weighted by molar-refractivity contribution is 0.0208. The van der Waals surface area contributed by atoms with Crippen molar-refractivity contribution in [2.75, 3.05) is 19.6 Å². The molecule has 1 aromatic heterocycles. The predicted molar refractivity (Wildman–Crippen MR) is 75.9 cm³/mol. The maximum Gasteiger partial charge on any atom is 0.107 e. The fraction of sp³-hybridized carbons (Fsp3) is 0.786. The largest absolute Gasteiger partial charge is 0.314 e. The van der Waals surface area contributed by atoms with Crippen LogP contribution in [0.15, 0.2) is 5.38 Å². The zero-order valence-electron chi connectivity index (χ0n) is 11.2. The Balaban J connectivity index is 1.75. The van der Waals surface area contributed by atoms with Crippen molar-refractivity contribution in [2.24, 2.45) is 0 Å². The second-order valence-electron chi connectivity index (χ2n) is 5.77. The van der Waals surface area contributed by atoms with Gasteiger partial charge in [-0.05, 0) is 19.8 Å². The van der Waals surface area contributed by atoms with Crippen LogP contribution in [0.2, 0.25) is 0 Å². The Morgan fingerprint density at radius 3 is 2.94 bits per heavy atom. The molecule has 4 heteroatoms. The molecule has 100 valence electrons. The van der Waals surface area contributed by atoms with Crippen LogP contribution < -0.4 is 5.32 Å². The van der Waals surface area contributed by atoms with Crippen LogP contribution in [0.1, 0.15) is 42.8 Å². The van der Waals surface area contributed by atoms with Gasteiger partial charge in [0.25, 0.3) is 0 Å². The van der Waals surface area contributed by atoms with Crippen LogP contribution in [0.5, 0.6) is 0 Å². The monoisotopic (exact) mass is 265 g/mol. The molecule has 1 aromatic rings. The number of aryl methyl sites for hydroxylation is 1. The summed E-state index contributed by atoms with van der Waals surface area (Å²) in [5, 5.41) is 7.07. The SMILES string of the molecule is Cc1csc(CN2CCNCC23CCCCC3)n1. The Hall–Kier alpha value is -0.450. The summed E-state index contributed by atoms with van der Waals surface area (Å²) in [5.74, 6) is 0. The summed E-state index contributed by atoms with van der Waals surface area (Å²) in [6.45, 7) is 6.64. The highest BCUT2D eigenvalue weighted by Crippen LogP contribution is 2.35. The lowest BCUT2D eigenvalue weighted by Crippen LogP contribution is -2.61. The molecule has 1 aliphatic carbocycles. The zero-order valence-corrected chi connectivity index (χ0v) is 12.1. The van der Waals surface area contributed by atoms with E-state index in [0.717, 1.165) is 13.1 Å². The molecular formula is C14H23N3S. The Labute approximate surface area is 114 Å². The lowest BCUT2D eigenvalue weighted by atomic mass is 9.79. The van der Waals surface area contributed by atoms with Gasteiger partial charge in [-0.1, -0.05) is 19.3 Å². The molecule has 1 N–H and O–H groups in total. The summed E-state index contributed by atoms with van der Waals surface area (Å²) in [5.41, 5.74) is 1.60. The van der Waals surface area contributed by atoms with Gasteiger partial charge in [0, 0.05) is 36.2 Å². The van der Waals surface area contributed by atoms with Gasteiger partial charge in [-0.15, -0.1) is 11.3 Å². The summed E-state index contributed by atoms with van der Waals surface area (Å²) in [4.78, 5) is 7.35. The van der Waals surface area contributed by atoms with Crippen LogP contribution in [-0.4, -0.2) is 35.1 Å². The van der Waals surface area contributed by atoms with Crippen LogP contribution in [0.3, 0.4) is 0 Å². The molecule has 1 aliphatic heterocycles. The minimum Gasteiger partial charge on any atom is -0.314 e. The fourth-order valence-corrected chi connectivity index (χ4v) is 4.26. The van der Waals surface area contributed by atoms with Crippen molar-refractivity contribution in [3.63, 3.8) is 0 Å². The van der Waals surface area contributed by atoms with E-state index >= 15 is 0 Å². The topological polar surface area (TPSA) is 28.2 Å². The van der Waals surface area contributed by atoms with E-state index in [1.165, 1.54) is 55.9 Å². The average molecular weight is 265 g/mol. The Morgan fingerprint density at radius 1 is 1.39 bits per heavy atom. The molecular weight excluding hydrogens is 242 g/mol. The average Bonchev–Trinajstić information content (AvgIpc) is 2.79. The molecule has 0 unspecified atom stereocenters. The van der Waals surface area contributed by atoms with Crippen molar-refractivity contribution in [3.8, 4) is 0 Å². The summed E-state index contributed by atoms with van der Waals surface area (Å²) >= 11 is 1.82. The molecule has 0 radical (unpaired) electrons. The summed E-state index contributed by atoms with van der Waals surface area (Å²) in [6, 6.07) is 0. The van der Waals surface area contributed by atoms with E-state index in [0.29, 0.717) is 5.54 Å². The van der Waals surface area contributed by atoms with Crippen LogP contribution in [0, 0.1) is 6.92 Å². The van der Waals surface area contributed by atoms with Gasteiger partial charge < -0.3 is 5.32 Å². The number of aromatic nitrogens is 1. The minimum absolute atomic E-state index is 0.427. The van der Waals surface area contributed by atoms with Crippen molar-refractivity contribution in [3.05, 3.63) is 16.1 Å². The first-order valence-corrected chi connectivity index (χ1v) is 8.03. The molecule has 2 aliphatic rings. The number of thiazole rings is 1. The van der Waals surface area contributed by atoms with Gasteiger partial charge in [0.05, 0.1) is 6.54 Å². The molecule has 0 bridgehead atoms. The second-order valence-corrected chi connectivity index (χ2v) is 6.71. The molecule has 1 saturated heterocycles. The van der Waals surface area contributed by atoms with Crippen LogP contribution >= 0.6 is 11.3 Å². The molecule has 0 amide bonds. The first kappa shape index (κ1) is 12.6. The normalized spacial score (nSPS) is 24.5. The van der Waals surface area contributed by atoms with E-state index in [4.69, 9.17) is 0 Å². The Morgan fingerprint density at radius 2 is 2.22 bits per heavy atom. The summed E-state index contributed by atoms with van der Waals surface area (Å²) < 4.78 is 0. The van der Waals surface area contributed by atoms with Crippen LogP contribution in [-0.2, 0) is 6.54 Å². The van der Waals surface area contributed by atoms with Crippen molar-refractivity contribution in [2.45, 2.75) is 51.1 Å². The van der Waals surface area contributed by atoms with Gasteiger partial charge in [-0.3, -0.25) is 4.90 Å². The van der Waals surface area contributed by atoms with Crippen molar-refractivity contribution in [1.82, 2.24) is 15.2 Å². The van der Waals surface area contributed by atoms with Gasteiger partial charge in [-0.25, -0.2) is 4.98 Å². The van der Waals surface area contributed by atoms with E-state index in [9.17, 15) is 0 Å². The molecule has 1 spiro atoms. The third kappa shape index (κ3) is 2.46.